The zero-order chi connectivity index (χ0) is 20.7. The lowest BCUT2D eigenvalue weighted by molar-refractivity contribution is -0.137. The summed E-state index contributed by atoms with van der Waals surface area (Å²) in [6.45, 7) is 2.73. The molecule has 0 amide bonds. The van der Waals surface area contributed by atoms with Gasteiger partial charge >= 0.3 is 6.18 Å². The fourth-order valence-electron chi connectivity index (χ4n) is 2.91. The van der Waals surface area contributed by atoms with Gasteiger partial charge in [0.2, 0.25) is 10.0 Å². The van der Waals surface area contributed by atoms with Crippen molar-refractivity contribution in [2.24, 2.45) is 0 Å². The number of aryl methyl sites for hydroxylation is 1. The smallest absolute Gasteiger partial charge is 0.353 e. The quantitative estimate of drug-likeness (QED) is 0.632. The summed E-state index contributed by atoms with van der Waals surface area (Å²) in [6, 6.07) is 5.83. The van der Waals surface area contributed by atoms with E-state index in [1.165, 1.54) is 4.31 Å². The van der Waals surface area contributed by atoms with E-state index >= 15 is 0 Å². The van der Waals surface area contributed by atoms with Gasteiger partial charge in [-0.25, -0.2) is 13.4 Å². The van der Waals surface area contributed by atoms with E-state index in [0.29, 0.717) is 4.47 Å². The Hall–Kier alpha value is -1.36. The molecule has 1 fully saturated rings. The molecule has 5 nitrogen and oxygen atoms in total. The van der Waals surface area contributed by atoms with Gasteiger partial charge in [-0.15, -0.1) is 0 Å². The number of halogens is 5. The van der Waals surface area contributed by atoms with Crippen LogP contribution in [0.2, 0.25) is 5.02 Å². The van der Waals surface area contributed by atoms with Crippen molar-refractivity contribution < 1.29 is 21.6 Å². The van der Waals surface area contributed by atoms with Gasteiger partial charge in [0.05, 0.1) is 15.5 Å². The van der Waals surface area contributed by atoms with Crippen molar-refractivity contribution >= 4 is 43.4 Å². The first-order chi connectivity index (χ1) is 13.0. The lowest BCUT2D eigenvalue weighted by atomic mass is 10.2. The molecule has 1 saturated heterocycles. The van der Waals surface area contributed by atoms with E-state index in [0.717, 1.165) is 17.8 Å². The van der Waals surface area contributed by atoms with E-state index in [-0.39, 0.29) is 41.9 Å². The van der Waals surface area contributed by atoms with Crippen LogP contribution in [0.15, 0.2) is 39.8 Å². The van der Waals surface area contributed by atoms with E-state index in [1.54, 1.807) is 23.1 Å². The van der Waals surface area contributed by atoms with Gasteiger partial charge in [0.15, 0.2) is 0 Å². The van der Waals surface area contributed by atoms with Gasteiger partial charge in [-0.05, 0) is 46.6 Å². The van der Waals surface area contributed by atoms with Crippen LogP contribution in [0.4, 0.5) is 19.0 Å². The largest absolute Gasteiger partial charge is 0.417 e. The Morgan fingerprint density at radius 3 is 2.32 bits per heavy atom. The van der Waals surface area contributed by atoms with E-state index in [4.69, 9.17) is 11.6 Å². The number of rotatable bonds is 3. The Bertz CT molecular complexity index is 994. The topological polar surface area (TPSA) is 53.5 Å². The summed E-state index contributed by atoms with van der Waals surface area (Å²) >= 11 is 9.28. The van der Waals surface area contributed by atoms with Crippen LogP contribution in [0.3, 0.4) is 0 Å². The van der Waals surface area contributed by atoms with Crippen molar-refractivity contribution in [3.63, 3.8) is 0 Å². The zero-order valence-electron chi connectivity index (χ0n) is 14.7. The standard InChI is InChI=1S/C17H16BrClF3N3O2S/c1-11-2-3-15(13(18)8-11)28(26,27)25-6-4-24(5-7-25)16-14(19)9-12(10-23-16)17(20,21)22/h2-3,8-10H,4-7H2,1H3. The number of pyridine rings is 1. The molecule has 28 heavy (non-hydrogen) atoms. The van der Waals surface area contributed by atoms with Crippen LogP contribution in [-0.4, -0.2) is 43.9 Å². The highest BCUT2D eigenvalue weighted by Gasteiger charge is 2.34. The maximum absolute atomic E-state index is 12.9. The van der Waals surface area contributed by atoms with Crippen molar-refractivity contribution in [3.05, 3.63) is 51.1 Å². The van der Waals surface area contributed by atoms with Crippen molar-refractivity contribution in [3.8, 4) is 0 Å². The van der Waals surface area contributed by atoms with Crippen molar-refractivity contribution in [1.29, 1.82) is 0 Å². The molecule has 11 heteroatoms. The molecule has 0 saturated carbocycles. The molecule has 152 valence electrons. The van der Waals surface area contributed by atoms with Crippen LogP contribution in [0.25, 0.3) is 0 Å². The van der Waals surface area contributed by atoms with Gasteiger partial charge < -0.3 is 4.90 Å². The first-order valence-corrected chi connectivity index (χ1v) is 10.9. The van der Waals surface area contributed by atoms with Gasteiger partial charge in [0, 0.05) is 36.8 Å². The Labute approximate surface area is 174 Å². The van der Waals surface area contributed by atoms with Crippen molar-refractivity contribution in [2.45, 2.75) is 18.0 Å². The predicted molar refractivity (Wildman–Crippen MR) is 104 cm³/mol. The molecule has 0 spiro atoms. The van der Waals surface area contributed by atoms with Gasteiger partial charge in [0.25, 0.3) is 0 Å². The minimum atomic E-state index is -4.52. The number of sulfonamides is 1. The number of hydrogen-bond donors (Lipinski definition) is 0. The van der Waals surface area contributed by atoms with Crippen molar-refractivity contribution in [1.82, 2.24) is 9.29 Å². The minimum Gasteiger partial charge on any atom is -0.353 e. The number of aromatic nitrogens is 1. The molecule has 0 atom stereocenters. The average Bonchev–Trinajstić information content (AvgIpc) is 2.60. The molecule has 1 aliphatic heterocycles. The molecule has 0 unspecified atom stereocenters. The molecule has 3 rings (SSSR count). The number of hydrogen-bond acceptors (Lipinski definition) is 4. The third-order valence-corrected chi connectivity index (χ3v) is 7.55. The lowest BCUT2D eigenvalue weighted by Gasteiger charge is -2.35. The maximum Gasteiger partial charge on any atom is 0.417 e. The normalized spacial score (nSPS) is 16.4. The fourth-order valence-corrected chi connectivity index (χ4v) is 5.77. The van der Waals surface area contributed by atoms with Crippen LogP contribution in [0, 0.1) is 6.92 Å². The highest BCUT2D eigenvalue weighted by Crippen LogP contribution is 2.34. The summed E-state index contributed by atoms with van der Waals surface area (Å²) in [7, 11) is -3.69. The number of nitrogens with zero attached hydrogens (tertiary/aromatic N) is 3. The van der Waals surface area contributed by atoms with Gasteiger partial charge in [0.1, 0.15) is 5.82 Å². The first-order valence-electron chi connectivity index (χ1n) is 8.24. The second kappa shape index (κ2) is 7.81. The Kier molecular flexibility index (Phi) is 5.96. The summed E-state index contributed by atoms with van der Waals surface area (Å²) in [5.74, 6) is 0.211. The lowest BCUT2D eigenvalue weighted by Crippen LogP contribution is -2.49. The highest BCUT2D eigenvalue weighted by molar-refractivity contribution is 9.10. The Balaban J connectivity index is 1.76. The van der Waals surface area contributed by atoms with Crippen LogP contribution in [-0.2, 0) is 16.2 Å². The summed E-state index contributed by atoms with van der Waals surface area (Å²) in [4.78, 5) is 5.69. The van der Waals surface area contributed by atoms with Crippen LogP contribution >= 0.6 is 27.5 Å². The maximum atomic E-state index is 12.9. The van der Waals surface area contributed by atoms with E-state index < -0.39 is 21.8 Å². The molecule has 0 N–H and O–H groups in total. The molecule has 0 bridgehead atoms. The van der Waals surface area contributed by atoms with E-state index in [1.807, 2.05) is 6.92 Å². The number of anilines is 1. The molecule has 2 heterocycles. The van der Waals surface area contributed by atoms with E-state index in [9.17, 15) is 21.6 Å². The predicted octanol–water partition coefficient (Wildman–Crippen LogP) is 4.34. The highest BCUT2D eigenvalue weighted by atomic mass is 79.9. The zero-order valence-corrected chi connectivity index (χ0v) is 17.8. The van der Waals surface area contributed by atoms with Gasteiger partial charge in [-0.3, -0.25) is 0 Å². The molecule has 1 aliphatic rings. The fraction of sp³-hybridized carbons (Fsp3) is 0.353. The molecule has 2 aromatic rings. The summed E-state index contributed by atoms with van der Waals surface area (Å²) in [5, 5.41) is -0.118. The summed E-state index contributed by atoms with van der Waals surface area (Å²) in [5.41, 5.74) is 0.00495. The third kappa shape index (κ3) is 4.29. The summed E-state index contributed by atoms with van der Waals surface area (Å²) < 4.78 is 65.9. The van der Waals surface area contributed by atoms with Crippen LogP contribution < -0.4 is 4.90 Å². The second-order valence-electron chi connectivity index (χ2n) is 6.35. The Morgan fingerprint density at radius 1 is 1.14 bits per heavy atom. The molecule has 0 aliphatic carbocycles. The molecule has 1 aromatic carbocycles. The Morgan fingerprint density at radius 2 is 1.79 bits per heavy atom. The van der Waals surface area contributed by atoms with E-state index in [2.05, 4.69) is 20.9 Å². The number of piperazine rings is 1. The molecular weight excluding hydrogens is 483 g/mol. The average molecular weight is 499 g/mol. The number of alkyl halides is 3. The number of benzene rings is 1. The van der Waals surface area contributed by atoms with Crippen molar-refractivity contribution in [2.75, 3.05) is 31.1 Å². The first kappa shape index (κ1) is 21.4. The monoisotopic (exact) mass is 497 g/mol. The second-order valence-corrected chi connectivity index (χ2v) is 9.52. The van der Waals surface area contributed by atoms with Gasteiger partial charge in [-0.1, -0.05) is 17.7 Å². The third-order valence-electron chi connectivity index (χ3n) is 4.39. The molecule has 0 radical (unpaired) electrons. The summed E-state index contributed by atoms with van der Waals surface area (Å²) in [6.07, 6.45) is -3.79. The molecule has 1 aromatic heterocycles. The SMILES string of the molecule is Cc1ccc(S(=O)(=O)N2CCN(c3ncc(C(F)(F)F)cc3Cl)CC2)c(Br)c1. The van der Waals surface area contributed by atoms with Crippen LogP contribution in [0.5, 0.6) is 0 Å². The van der Waals surface area contributed by atoms with Crippen LogP contribution in [0.1, 0.15) is 11.1 Å². The minimum absolute atomic E-state index is 0.118. The molecular formula is C17H16BrClF3N3O2S. The van der Waals surface area contributed by atoms with Gasteiger partial charge in [-0.2, -0.15) is 17.5 Å².